The minimum absolute atomic E-state index is 0.0464. The largest absolute Gasteiger partial charge is 0.372 e. The Kier molecular flexibility index (Phi) is 6.77. The number of hydrogen-bond donors (Lipinski definition) is 2. The lowest BCUT2D eigenvalue weighted by molar-refractivity contribution is 0.496. The number of benzene rings is 2. The Morgan fingerprint density at radius 3 is 2.56 bits per heavy atom. The quantitative estimate of drug-likeness (QED) is 0.547. The number of hydrogen-bond acceptors (Lipinski definition) is 5. The third-order valence-electron chi connectivity index (χ3n) is 6.93. The van der Waals surface area contributed by atoms with Crippen molar-refractivity contribution < 1.29 is 4.39 Å². The van der Waals surface area contributed by atoms with Crippen LogP contribution in [0, 0.1) is 23.1 Å². The van der Waals surface area contributed by atoms with Gasteiger partial charge < -0.3 is 15.5 Å². The highest BCUT2D eigenvalue weighted by molar-refractivity contribution is 5.67. The van der Waals surface area contributed by atoms with E-state index < -0.39 is 5.82 Å². The summed E-state index contributed by atoms with van der Waals surface area (Å²) in [5, 5.41) is 21.0. The van der Waals surface area contributed by atoms with Gasteiger partial charge in [0.2, 0.25) is 0 Å². The van der Waals surface area contributed by atoms with Crippen molar-refractivity contribution in [3.63, 3.8) is 0 Å². The standard InChI is InChI=1S/C27H31FN6/c28-25-16-21(5-6-22(25)18-29)26-17-27(31-19-20-4-3-12-30-13-11-20)32-34(26)24-9-7-23(8-10-24)33-14-1-2-15-33/h5-10,16-17,20,30H,1-4,11-15,19H2,(H,31,32). The Bertz CT molecular complexity index is 1150. The van der Waals surface area contributed by atoms with Crippen LogP contribution in [0.1, 0.15) is 37.7 Å². The molecule has 0 spiro atoms. The number of nitrogens with zero attached hydrogens (tertiary/aromatic N) is 4. The van der Waals surface area contributed by atoms with Crippen molar-refractivity contribution in [2.45, 2.75) is 32.1 Å². The maximum absolute atomic E-state index is 14.5. The van der Waals surface area contributed by atoms with Gasteiger partial charge >= 0.3 is 0 Å². The predicted molar refractivity (Wildman–Crippen MR) is 134 cm³/mol. The maximum atomic E-state index is 14.5. The summed E-state index contributed by atoms with van der Waals surface area (Å²) in [6.07, 6.45) is 6.02. The molecule has 34 heavy (non-hydrogen) atoms. The van der Waals surface area contributed by atoms with Gasteiger partial charge in [-0.25, -0.2) is 9.07 Å². The Morgan fingerprint density at radius 2 is 1.79 bits per heavy atom. The van der Waals surface area contributed by atoms with Crippen LogP contribution in [-0.2, 0) is 0 Å². The molecule has 1 unspecified atom stereocenters. The van der Waals surface area contributed by atoms with E-state index in [0.717, 1.165) is 56.3 Å². The van der Waals surface area contributed by atoms with E-state index in [9.17, 15) is 4.39 Å². The van der Waals surface area contributed by atoms with Gasteiger partial charge in [-0.2, -0.15) is 5.26 Å². The average Bonchev–Trinajstić information content (AvgIpc) is 3.48. The van der Waals surface area contributed by atoms with Crippen LogP contribution in [0.25, 0.3) is 16.9 Å². The molecule has 3 aromatic rings. The smallest absolute Gasteiger partial charge is 0.149 e. The van der Waals surface area contributed by atoms with Crippen molar-refractivity contribution in [3.05, 3.63) is 59.9 Å². The molecule has 0 aliphatic carbocycles. The molecule has 2 fully saturated rings. The fourth-order valence-corrected chi connectivity index (χ4v) is 4.96. The van der Waals surface area contributed by atoms with Crippen LogP contribution in [-0.4, -0.2) is 42.5 Å². The summed E-state index contributed by atoms with van der Waals surface area (Å²) in [7, 11) is 0. The lowest BCUT2D eigenvalue weighted by Crippen LogP contribution is -2.17. The molecule has 0 amide bonds. The van der Waals surface area contributed by atoms with E-state index >= 15 is 0 Å². The molecule has 3 heterocycles. The van der Waals surface area contributed by atoms with E-state index in [-0.39, 0.29) is 5.56 Å². The number of halogens is 1. The van der Waals surface area contributed by atoms with Crippen LogP contribution in [0.15, 0.2) is 48.5 Å². The summed E-state index contributed by atoms with van der Waals surface area (Å²) in [6.45, 7) is 5.21. The zero-order valence-electron chi connectivity index (χ0n) is 19.4. The van der Waals surface area contributed by atoms with Crippen molar-refractivity contribution >= 4 is 11.5 Å². The molecule has 5 rings (SSSR count). The number of anilines is 2. The van der Waals surface area contributed by atoms with Crippen molar-refractivity contribution in [3.8, 4) is 23.0 Å². The fourth-order valence-electron chi connectivity index (χ4n) is 4.96. The van der Waals surface area contributed by atoms with E-state index in [1.54, 1.807) is 6.07 Å². The molecule has 0 bridgehead atoms. The van der Waals surface area contributed by atoms with Crippen LogP contribution >= 0.6 is 0 Å². The van der Waals surface area contributed by atoms with Gasteiger partial charge in [0.1, 0.15) is 17.7 Å². The first kappa shape index (κ1) is 22.4. The number of aromatic nitrogens is 2. The van der Waals surface area contributed by atoms with E-state index in [1.807, 2.05) is 16.8 Å². The monoisotopic (exact) mass is 458 g/mol. The molecule has 1 aromatic heterocycles. The van der Waals surface area contributed by atoms with Crippen LogP contribution in [0.5, 0.6) is 0 Å². The second-order valence-electron chi connectivity index (χ2n) is 9.27. The molecule has 7 heteroatoms. The maximum Gasteiger partial charge on any atom is 0.149 e. The Morgan fingerprint density at radius 1 is 1.00 bits per heavy atom. The van der Waals surface area contributed by atoms with Gasteiger partial charge in [-0.05, 0) is 87.5 Å². The highest BCUT2D eigenvalue weighted by Gasteiger charge is 2.17. The van der Waals surface area contributed by atoms with E-state index in [0.29, 0.717) is 11.5 Å². The average molecular weight is 459 g/mol. The zero-order valence-corrected chi connectivity index (χ0v) is 19.4. The van der Waals surface area contributed by atoms with Gasteiger partial charge in [-0.3, -0.25) is 0 Å². The van der Waals surface area contributed by atoms with Gasteiger partial charge in [0.15, 0.2) is 0 Å². The first-order valence-electron chi connectivity index (χ1n) is 12.3. The summed E-state index contributed by atoms with van der Waals surface area (Å²) >= 11 is 0. The molecule has 2 aliphatic rings. The predicted octanol–water partition coefficient (Wildman–Crippen LogP) is 4.95. The van der Waals surface area contributed by atoms with Gasteiger partial charge in [-0.15, -0.1) is 5.10 Å². The van der Waals surface area contributed by atoms with Gasteiger partial charge in [0.25, 0.3) is 0 Å². The van der Waals surface area contributed by atoms with Crippen molar-refractivity contribution in [2.75, 3.05) is 42.9 Å². The minimum Gasteiger partial charge on any atom is -0.372 e. The zero-order chi connectivity index (χ0) is 23.3. The first-order chi connectivity index (χ1) is 16.7. The fraction of sp³-hybridized carbons (Fsp3) is 0.407. The second-order valence-corrected chi connectivity index (χ2v) is 9.27. The summed E-state index contributed by atoms with van der Waals surface area (Å²) in [5.74, 6) is 0.869. The topological polar surface area (TPSA) is 68.9 Å². The highest BCUT2D eigenvalue weighted by Crippen LogP contribution is 2.29. The Hall–Kier alpha value is -3.37. The molecule has 2 aliphatic heterocycles. The lowest BCUT2D eigenvalue weighted by atomic mass is 10.0. The van der Waals surface area contributed by atoms with Crippen molar-refractivity contribution in [1.82, 2.24) is 15.1 Å². The molecule has 1 atom stereocenters. The molecule has 176 valence electrons. The Labute approximate surface area is 200 Å². The molecule has 6 nitrogen and oxygen atoms in total. The van der Waals surface area contributed by atoms with Crippen LogP contribution in [0.2, 0.25) is 0 Å². The number of nitriles is 1. The summed E-state index contributed by atoms with van der Waals surface area (Å²) in [4.78, 5) is 2.40. The summed E-state index contributed by atoms with van der Waals surface area (Å²) in [5.41, 5.74) is 3.68. The summed E-state index contributed by atoms with van der Waals surface area (Å²) < 4.78 is 16.3. The third-order valence-corrected chi connectivity index (χ3v) is 6.93. The molecule has 2 aromatic carbocycles. The number of nitrogens with one attached hydrogen (secondary N) is 2. The molecular weight excluding hydrogens is 427 g/mol. The van der Waals surface area contributed by atoms with Crippen LogP contribution in [0.4, 0.5) is 15.9 Å². The normalized spacial score (nSPS) is 18.5. The van der Waals surface area contributed by atoms with Crippen LogP contribution in [0.3, 0.4) is 0 Å². The Balaban J connectivity index is 1.44. The van der Waals surface area contributed by atoms with Gasteiger partial charge in [-0.1, -0.05) is 6.07 Å². The molecule has 0 saturated carbocycles. The molecule has 2 N–H and O–H groups in total. The SMILES string of the molecule is N#Cc1ccc(-c2cc(NCC3CCCNCC3)nn2-c2ccc(N3CCCC3)cc2)cc1F. The van der Waals surface area contributed by atoms with Crippen molar-refractivity contribution in [2.24, 2.45) is 5.92 Å². The lowest BCUT2D eigenvalue weighted by Gasteiger charge is -2.18. The summed E-state index contributed by atoms with van der Waals surface area (Å²) in [6, 6.07) is 17.0. The van der Waals surface area contributed by atoms with Crippen molar-refractivity contribution in [1.29, 1.82) is 5.26 Å². The van der Waals surface area contributed by atoms with E-state index in [2.05, 4.69) is 39.8 Å². The molecular formula is C27H31FN6. The van der Waals surface area contributed by atoms with E-state index in [1.165, 1.54) is 43.5 Å². The first-order valence-corrected chi connectivity index (χ1v) is 12.3. The number of rotatable bonds is 6. The van der Waals surface area contributed by atoms with E-state index in [4.69, 9.17) is 10.4 Å². The van der Waals surface area contributed by atoms with Crippen LogP contribution < -0.4 is 15.5 Å². The molecule has 2 saturated heterocycles. The second kappa shape index (κ2) is 10.3. The van der Waals surface area contributed by atoms with Gasteiger partial charge in [0, 0.05) is 37.0 Å². The molecule has 0 radical (unpaired) electrons. The highest BCUT2D eigenvalue weighted by atomic mass is 19.1. The van der Waals surface area contributed by atoms with Gasteiger partial charge in [0.05, 0.1) is 16.9 Å². The third kappa shape index (κ3) is 4.92. The minimum atomic E-state index is -0.516.